The molecule has 0 unspecified atom stereocenters. The maximum atomic E-state index is 6.06. The lowest BCUT2D eigenvalue weighted by atomic mass is 9.73. The molecule has 1 saturated carbocycles. The molecule has 0 spiro atoms. The topological polar surface area (TPSA) is 64.9 Å². The molecule has 3 rings (SSSR count). The number of nitrogens with two attached hydrogens (primary N) is 1. The average molecular weight is 305 g/mol. The van der Waals surface area contributed by atoms with Crippen molar-refractivity contribution in [3.8, 4) is 11.5 Å². The summed E-state index contributed by atoms with van der Waals surface area (Å²) in [6, 6.07) is 2.07. The van der Waals surface area contributed by atoms with Gasteiger partial charge in [0.05, 0.1) is 10.6 Å². The van der Waals surface area contributed by atoms with E-state index in [9.17, 15) is 0 Å². The Morgan fingerprint density at radius 1 is 1.38 bits per heavy atom. The second-order valence-electron chi connectivity index (χ2n) is 6.74. The van der Waals surface area contributed by atoms with Gasteiger partial charge in [0.2, 0.25) is 0 Å². The number of aromatic nitrogens is 2. The number of anilines is 1. The van der Waals surface area contributed by atoms with Gasteiger partial charge in [0.15, 0.2) is 5.82 Å². The van der Waals surface area contributed by atoms with E-state index in [1.54, 1.807) is 11.3 Å². The van der Waals surface area contributed by atoms with Crippen LogP contribution in [0.15, 0.2) is 10.6 Å². The summed E-state index contributed by atoms with van der Waals surface area (Å²) in [4.78, 5) is 5.86. The molecule has 0 bridgehead atoms. The number of nitrogen functional groups attached to an aromatic ring is 1. The predicted molar refractivity (Wildman–Crippen MR) is 86.4 cm³/mol. The van der Waals surface area contributed by atoms with Crippen molar-refractivity contribution in [3.63, 3.8) is 0 Å². The molecular formula is C16H23N3OS. The lowest BCUT2D eigenvalue weighted by molar-refractivity contribution is 0.218. The van der Waals surface area contributed by atoms with E-state index in [1.807, 2.05) is 0 Å². The maximum Gasteiger partial charge on any atom is 0.260 e. The van der Waals surface area contributed by atoms with E-state index in [1.165, 1.54) is 17.7 Å². The molecule has 114 valence electrons. The molecule has 2 heterocycles. The summed E-state index contributed by atoms with van der Waals surface area (Å²) in [7, 11) is 0. The van der Waals surface area contributed by atoms with Crippen molar-refractivity contribution in [2.75, 3.05) is 5.73 Å². The van der Waals surface area contributed by atoms with E-state index in [4.69, 9.17) is 10.3 Å². The first kappa shape index (κ1) is 14.6. The molecule has 5 heteroatoms. The molecule has 2 aromatic rings. The van der Waals surface area contributed by atoms with Crippen molar-refractivity contribution in [3.05, 3.63) is 16.8 Å². The van der Waals surface area contributed by atoms with Gasteiger partial charge in [0.25, 0.3) is 5.89 Å². The van der Waals surface area contributed by atoms with Gasteiger partial charge in [-0.05, 0) is 43.6 Å². The lowest BCUT2D eigenvalue weighted by Gasteiger charge is -2.32. The predicted octanol–water partition coefficient (Wildman–Crippen LogP) is 4.63. The monoisotopic (exact) mass is 305 g/mol. The van der Waals surface area contributed by atoms with Crippen LogP contribution in [0.5, 0.6) is 0 Å². The van der Waals surface area contributed by atoms with Gasteiger partial charge in [-0.3, -0.25) is 0 Å². The summed E-state index contributed by atoms with van der Waals surface area (Å²) in [6.07, 6.45) is 5.72. The molecule has 0 amide bonds. The minimum Gasteiger partial charge on any atom is -0.390 e. The molecule has 4 nitrogen and oxygen atoms in total. The minimum atomic E-state index is 0.432. The highest BCUT2D eigenvalue weighted by Crippen LogP contribution is 2.42. The van der Waals surface area contributed by atoms with E-state index < -0.39 is 0 Å². The Balaban J connectivity index is 1.79. The van der Waals surface area contributed by atoms with Gasteiger partial charge >= 0.3 is 0 Å². The van der Waals surface area contributed by atoms with Crippen LogP contribution in [0.3, 0.4) is 0 Å². The number of nitrogens with zero attached hydrogens (tertiary/aromatic N) is 2. The minimum absolute atomic E-state index is 0.432. The second-order valence-corrected chi connectivity index (χ2v) is 7.91. The van der Waals surface area contributed by atoms with Crippen LogP contribution in [0, 0.1) is 5.41 Å². The summed E-state index contributed by atoms with van der Waals surface area (Å²) in [5, 5.41) is 4.97. The molecule has 1 fully saturated rings. The lowest BCUT2D eigenvalue weighted by Crippen LogP contribution is -2.20. The number of hydrogen-bond donors (Lipinski definition) is 1. The van der Waals surface area contributed by atoms with E-state index in [-0.39, 0.29) is 0 Å². The number of aryl methyl sites for hydroxylation is 1. The molecule has 21 heavy (non-hydrogen) atoms. The van der Waals surface area contributed by atoms with Crippen LogP contribution in [-0.4, -0.2) is 10.1 Å². The zero-order chi connectivity index (χ0) is 15.0. The van der Waals surface area contributed by atoms with Crippen LogP contribution in [-0.2, 0) is 6.42 Å². The van der Waals surface area contributed by atoms with Gasteiger partial charge in [-0.25, -0.2) is 0 Å². The number of thiophene rings is 1. The van der Waals surface area contributed by atoms with Gasteiger partial charge in [0.1, 0.15) is 0 Å². The Morgan fingerprint density at radius 2 is 2.10 bits per heavy atom. The largest absolute Gasteiger partial charge is 0.390 e. The molecular weight excluding hydrogens is 282 g/mol. The van der Waals surface area contributed by atoms with Gasteiger partial charge in [0, 0.05) is 10.8 Å². The first-order chi connectivity index (χ1) is 9.98. The van der Waals surface area contributed by atoms with Crippen LogP contribution in [0.1, 0.15) is 63.1 Å². The molecule has 2 aromatic heterocycles. The van der Waals surface area contributed by atoms with Gasteiger partial charge in [-0.15, -0.1) is 11.3 Å². The molecule has 2 N–H and O–H groups in total. The smallest absolute Gasteiger partial charge is 0.260 e. The fourth-order valence-corrected chi connectivity index (χ4v) is 3.83. The van der Waals surface area contributed by atoms with E-state index >= 15 is 0 Å². The van der Waals surface area contributed by atoms with Crippen molar-refractivity contribution in [2.24, 2.45) is 5.41 Å². The fourth-order valence-electron chi connectivity index (χ4n) is 2.97. The van der Waals surface area contributed by atoms with Crippen LogP contribution < -0.4 is 5.73 Å². The molecule has 0 saturated heterocycles. The Morgan fingerprint density at radius 3 is 2.71 bits per heavy atom. The molecule has 1 aliphatic rings. The summed E-state index contributed by atoms with van der Waals surface area (Å²) < 4.78 is 5.46. The van der Waals surface area contributed by atoms with Gasteiger partial charge in [-0.1, -0.05) is 25.9 Å². The first-order valence-electron chi connectivity index (χ1n) is 7.70. The number of rotatable bonds is 3. The van der Waals surface area contributed by atoms with Crippen molar-refractivity contribution in [1.82, 2.24) is 10.1 Å². The van der Waals surface area contributed by atoms with Crippen LogP contribution in [0.25, 0.3) is 11.5 Å². The standard InChI is InChI=1S/C16H23N3OS/c1-4-11-9-12(13(17)21-11)15-18-14(19-20-15)10-5-7-16(2,3)8-6-10/h9-10H,4-8,17H2,1-3H3. The molecule has 0 aromatic carbocycles. The summed E-state index contributed by atoms with van der Waals surface area (Å²) in [5.74, 6) is 1.86. The highest BCUT2D eigenvalue weighted by molar-refractivity contribution is 7.16. The van der Waals surface area contributed by atoms with Crippen molar-refractivity contribution in [1.29, 1.82) is 0 Å². The molecule has 0 aliphatic heterocycles. The van der Waals surface area contributed by atoms with Crippen molar-refractivity contribution in [2.45, 2.75) is 58.8 Å². The third kappa shape index (κ3) is 2.98. The quantitative estimate of drug-likeness (QED) is 0.898. The van der Waals surface area contributed by atoms with Gasteiger partial charge in [-0.2, -0.15) is 4.98 Å². The second kappa shape index (κ2) is 5.44. The highest BCUT2D eigenvalue weighted by Gasteiger charge is 2.30. The van der Waals surface area contributed by atoms with E-state index in [2.05, 4.69) is 37.0 Å². The van der Waals surface area contributed by atoms with Gasteiger partial charge < -0.3 is 10.3 Å². The average Bonchev–Trinajstić information content (AvgIpc) is 3.05. The zero-order valence-corrected chi connectivity index (χ0v) is 13.8. The summed E-state index contributed by atoms with van der Waals surface area (Å²) in [5.41, 5.74) is 7.41. The molecule has 0 atom stereocenters. The maximum absolute atomic E-state index is 6.06. The van der Waals surface area contributed by atoms with Crippen molar-refractivity contribution < 1.29 is 4.52 Å². The van der Waals surface area contributed by atoms with Crippen LogP contribution >= 0.6 is 11.3 Å². The fraction of sp³-hybridized carbons (Fsp3) is 0.625. The van der Waals surface area contributed by atoms with Crippen LogP contribution in [0.2, 0.25) is 0 Å². The summed E-state index contributed by atoms with van der Waals surface area (Å²) >= 11 is 1.60. The highest BCUT2D eigenvalue weighted by atomic mass is 32.1. The summed E-state index contributed by atoms with van der Waals surface area (Å²) in [6.45, 7) is 6.80. The zero-order valence-electron chi connectivity index (χ0n) is 13.0. The van der Waals surface area contributed by atoms with E-state index in [0.29, 0.717) is 17.2 Å². The third-order valence-electron chi connectivity index (χ3n) is 4.54. The SMILES string of the molecule is CCc1cc(-c2nc(C3CCC(C)(C)CC3)no2)c(N)s1. The van der Waals surface area contributed by atoms with Crippen LogP contribution in [0.4, 0.5) is 5.00 Å². The normalized spacial score (nSPS) is 19.0. The number of hydrogen-bond acceptors (Lipinski definition) is 5. The Hall–Kier alpha value is -1.36. The van der Waals surface area contributed by atoms with E-state index in [0.717, 1.165) is 35.7 Å². The Bertz CT molecular complexity index is 619. The Labute approximate surface area is 129 Å². The molecule has 0 radical (unpaired) electrons. The Kier molecular flexibility index (Phi) is 3.78. The third-order valence-corrected chi connectivity index (χ3v) is 5.65. The van der Waals surface area contributed by atoms with Crippen molar-refractivity contribution >= 4 is 16.3 Å². The molecule has 1 aliphatic carbocycles. The first-order valence-corrected chi connectivity index (χ1v) is 8.52.